The fourth-order valence-corrected chi connectivity index (χ4v) is 2.90. The Balaban J connectivity index is 1.59. The predicted octanol–water partition coefficient (Wildman–Crippen LogP) is 3.45. The van der Waals surface area contributed by atoms with E-state index in [2.05, 4.69) is 15.5 Å². The van der Waals surface area contributed by atoms with Gasteiger partial charge in [0.05, 0.1) is 11.8 Å². The number of carbonyl (C=O) groups is 1. The molecule has 0 unspecified atom stereocenters. The van der Waals surface area contributed by atoms with Gasteiger partial charge in [0.2, 0.25) is 0 Å². The van der Waals surface area contributed by atoms with Crippen LogP contribution in [-0.2, 0) is 0 Å². The number of nitrogens with zero attached hydrogens (tertiary/aromatic N) is 1. The van der Waals surface area contributed by atoms with Crippen molar-refractivity contribution >= 4 is 33.8 Å². The minimum atomic E-state index is -0.324. The maximum absolute atomic E-state index is 12.4. The second-order valence-corrected chi connectivity index (χ2v) is 5.87. The Morgan fingerprint density at radius 2 is 1.65 bits per heavy atom. The first-order valence-electron chi connectivity index (χ1n) is 8.15. The van der Waals surface area contributed by atoms with E-state index in [0.29, 0.717) is 11.1 Å². The van der Waals surface area contributed by atoms with Crippen molar-refractivity contribution in [1.82, 2.24) is 10.4 Å². The van der Waals surface area contributed by atoms with Crippen molar-refractivity contribution in [2.45, 2.75) is 0 Å². The number of aromatic amines is 1. The van der Waals surface area contributed by atoms with Gasteiger partial charge in [-0.1, -0.05) is 54.6 Å². The SMILES string of the molecule is O=C(N/N=C/c1cc2ccccc2[nH]c1=O)c1cccc2ccccc12. The van der Waals surface area contributed by atoms with E-state index in [1.165, 1.54) is 6.21 Å². The Morgan fingerprint density at radius 1 is 0.923 bits per heavy atom. The first-order chi connectivity index (χ1) is 12.7. The monoisotopic (exact) mass is 341 g/mol. The van der Waals surface area contributed by atoms with Gasteiger partial charge in [0.15, 0.2) is 0 Å². The summed E-state index contributed by atoms with van der Waals surface area (Å²) in [4.78, 5) is 27.3. The minimum Gasteiger partial charge on any atom is -0.321 e. The van der Waals surface area contributed by atoms with Gasteiger partial charge in [-0.3, -0.25) is 9.59 Å². The average Bonchev–Trinajstić information content (AvgIpc) is 2.67. The van der Waals surface area contributed by atoms with Crippen LogP contribution < -0.4 is 11.0 Å². The number of fused-ring (bicyclic) bond motifs is 2. The van der Waals surface area contributed by atoms with Crippen molar-refractivity contribution in [3.05, 3.63) is 94.3 Å². The largest absolute Gasteiger partial charge is 0.321 e. The maximum Gasteiger partial charge on any atom is 0.271 e. The van der Waals surface area contributed by atoms with Crippen LogP contribution in [0, 0.1) is 0 Å². The van der Waals surface area contributed by atoms with Crippen LogP contribution in [0.5, 0.6) is 0 Å². The highest BCUT2D eigenvalue weighted by Gasteiger charge is 2.08. The van der Waals surface area contributed by atoms with Crippen LogP contribution in [0.4, 0.5) is 0 Å². The number of benzene rings is 3. The molecular formula is C21H15N3O2. The molecule has 3 aromatic carbocycles. The second-order valence-electron chi connectivity index (χ2n) is 5.87. The quantitative estimate of drug-likeness (QED) is 0.442. The lowest BCUT2D eigenvalue weighted by Crippen LogP contribution is -2.19. The number of nitrogens with one attached hydrogen (secondary N) is 2. The molecule has 4 aromatic rings. The number of rotatable bonds is 3. The fraction of sp³-hybridized carbons (Fsp3) is 0. The maximum atomic E-state index is 12.4. The topological polar surface area (TPSA) is 74.3 Å². The van der Waals surface area contributed by atoms with Gasteiger partial charge in [-0.25, -0.2) is 5.43 Å². The van der Waals surface area contributed by atoms with E-state index in [1.807, 2.05) is 60.7 Å². The summed E-state index contributed by atoms with van der Waals surface area (Å²) in [6.45, 7) is 0. The molecule has 2 N–H and O–H groups in total. The standard InChI is InChI=1S/C21H15N3O2/c25-20-16(12-15-7-2-4-11-19(15)23-20)13-22-24-21(26)18-10-5-8-14-6-1-3-9-17(14)18/h1-13H,(H,23,25)(H,24,26)/b22-13+. The van der Waals surface area contributed by atoms with Crippen LogP contribution in [0.15, 0.2) is 82.7 Å². The molecule has 5 nitrogen and oxygen atoms in total. The van der Waals surface area contributed by atoms with Crippen LogP contribution in [0.25, 0.3) is 21.7 Å². The van der Waals surface area contributed by atoms with Crippen LogP contribution in [0.3, 0.4) is 0 Å². The summed E-state index contributed by atoms with van der Waals surface area (Å²) < 4.78 is 0. The molecule has 0 aliphatic carbocycles. The van der Waals surface area contributed by atoms with E-state index in [4.69, 9.17) is 0 Å². The van der Waals surface area contributed by atoms with E-state index in [1.54, 1.807) is 12.1 Å². The minimum absolute atomic E-state index is 0.258. The van der Waals surface area contributed by atoms with Crippen molar-refractivity contribution in [2.24, 2.45) is 5.10 Å². The third-order valence-corrected chi connectivity index (χ3v) is 4.19. The highest BCUT2D eigenvalue weighted by molar-refractivity contribution is 6.07. The number of pyridine rings is 1. The highest BCUT2D eigenvalue weighted by Crippen LogP contribution is 2.18. The summed E-state index contributed by atoms with van der Waals surface area (Å²) in [5.41, 5.74) is 3.91. The lowest BCUT2D eigenvalue weighted by Gasteiger charge is -2.04. The molecular weight excluding hydrogens is 326 g/mol. The number of amides is 1. The molecule has 1 heterocycles. The van der Waals surface area contributed by atoms with Crippen molar-refractivity contribution in [2.75, 3.05) is 0 Å². The number of aromatic nitrogens is 1. The molecule has 0 saturated carbocycles. The lowest BCUT2D eigenvalue weighted by atomic mass is 10.0. The van der Waals surface area contributed by atoms with Crippen molar-refractivity contribution in [3.8, 4) is 0 Å². The molecule has 0 bridgehead atoms. The summed E-state index contributed by atoms with van der Waals surface area (Å²) in [5.74, 6) is -0.324. The van der Waals surface area contributed by atoms with Gasteiger partial charge in [-0.15, -0.1) is 0 Å². The summed E-state index contributed by atoms with van der Waals surface area (Å²) in [7, 11) is 0. The number of carbonyl (C=O) groups excluding carboxylic acids is 1. The summed E-state index contributed by atoms with van der Waals surface area (Å²) >= 11 is 0. The first-order valence-corrected chi connectivity index (χ1v) is 8.15. The zero-order valence-corrected chi connectivity index (χ0v) is 13.8. The van der Waals surface area contributed by atoms with E-state index < -0.39 is 0 Å². The molecule has 0 aliphatic rings. The third-order valence-electron chi connectivity index (χ3n) is 4.19. The van der Waals surface area contributed by atoms with Crippen LogP contribution in [-0.4, -0.2) is 17.1 Å². The molecule has 1 amide bonds. The van der Waals surface area contributed by atoms with Gasteiger partial charge in [0.25, 0.3) is 11.5 Å². The van der Waals surface area contributed by atoms with E-state index >= 15 is 0 Å². The third kappa shape index (κ3) is 2.98. The molecule has 0 saturated heterocycles. The molecule has 1 aromatic heterocycles. The van der Waals surface area contributed by atoms with Gasteiger partial charge >= 0.3 is 0 Å². The number of hydrazone groups is 1. The van der Waals surface area contributed by atoms with Gasteiger partial charge in [-0.2, -0.15) is 5.10 Å². The Kier molecular flexibility index (Phi) is 4.03. The summed E-state index contributed by atoms with van der Waals surface area (Å²) in [5, 5.41) is 6.68. The van der Waals surface area contributed by atoms with Gasteiger partial charge < -0.3 is 4.98 Å². The smallest absolute Gasteiger partial charge is 0.271 e. The molecule has 0 aliphatic heterocycles. The lowest BCUT2D eigenvalue weighted by molar-refractivity contribution is 0.0957. The molecule has 26 heavy (non-hydrogen) atoms. The Labute approximate surface area is 149 Å². The molecule has 5 heteroatoms. The fourth-order valence-electron chi connectivity index (χ4n) is 2.90. The van der Waals surface area contributed by atoms with Gasteiger partial charge in [0.1, 0.15) is 0 Å². The second kappa shape index (κ2) is 6.64. The molecule has 0 radical (unpaired) electrons. The van der Waals surface area contributed by atoms with Gasteiger partial charge in [0, 0.05) is 11.1 Å². The number of hydrogen-bond acceptors (Lipinski definition) is 3. The van der Waals surface area contributed by atoms with Crippen LogP contribution >= 0.6 is 0 Å². The van der Waals surface area contributed by atoms with E-state index in [9.17, 15) is 9.59 Å². The summed E-state index contributed by atoms with van der Waals surface area (Å²) in [6, 6.07) is 22.4. The highest BCUT2D eigenvalue weighted by atomic mass is 16.2. The predicted molar refractivity (Wildman–Crippen MR) is 104 cm³/mol. The number of para-hydroxylation sites is 1. The normalized spacial score (nSPS) is 11.2. The number of hydrogen-bond donors (Lipinski definition) is 2. The molecule has 4 rings (SSSR count). The van der Waals surface area contributed by atoms with Crippen molar-refractivity contribution < 1.29 is 4.79 Å². The first kappa shape index (κ1) is 15.8. The zero-order valence-electron chi connectivity index (χ0n) is 13.8. The van der Waals surface area contributed by atoms with E-state index in [-0.39, 0.29) is 11.5 Å². The van der Waals surface area contributed by atoms with Gasteiger partial charge in [-0.05, 0) is 34.4 Å². The molecule has 0 fully saturated rings. The average molecular weight is 341 g/mol. The van der Waals surface area contributed by atoms with Crippen LogP contribution in [0.2, 0.25) is 0 Å². The zero-order chi connectivity index (χ0) is 17.9. The molecule has 126 valence electrons. The molecule has 0 atom stereocenters. The Hall–Kier alpha value is -3.73. The van der Waals surface area contributed by atoms with Crippen molar-refractivity contribution in [1.29, 1.82) is 0 Å². The van der Waals surface area contributed by atoms with E-state index in [0.717, 1.165) is 21.7 Å². The van der Waals surface area contributed by atoms with Crippen molar-refractivity contribution in [3.63, 3.8) is 0 Å². The van der Waals surface area contributed by atoms with Crippen LogP contribution in [0.1, 0.15) is 15.9 Å². The molecule has 0 spiro atoms. The number of H-pyrrole nitrogens is 1. The Morgan fingerprint density at radius 3 is 2.54 bits per heavy atom. The summed E-state index contributed by atoms with van der Waals surface area (Å²) in [6.07, 6.45) is 1.36. The Bertz CT molecular complexity index is 1200.